The highest BCUT2D eigenvalue weighted by Gasteiger charge is 1.98. The molecule has 1 aromatic rings. The van der Waals surface area contributed by atoms with Crippen LogP contribution in [-0.2, 0) is 11.2 Å². The van der Waals surface area contributed by atoms with Gasteiger partial charge in [0.2, 0.25) is 0 Å². The van der Waals surface area contributed by atoms with E-state index in [9.17, 15) is 0 Å². The van der Waals surface area contributed by atoms with E-state index in [0.29, 0.717) is 0 Å². The number of furan rings is 1. The molecule has 0 fully saturated rings. The average molecular weight is 267 g/mol. The molecule has 0 radical (unpaired) electrons. The van der Waals surface area contributed by atoms with Gasteiger partial charge in [-0.25, -0.2) is 0 Å². The third-order valence-electron chi connectivity index (χ3n) is 2.68. The number of aliphatic imine (C=N–C) groups is 1. The highest BCUT2D eigenvalue weighted by Crippen LogP contribution is 1.99. The van der Waals surface area contributed by atoms with Crippen molar-refractivity contribution in [1.82, 2.24) is 10.6 Å². The molecule has 1 rings (SSSR count). The lowest BCUT2D eigenvalue weighted by molar-refractivity contribution is 0.143. The minimum absolute atomic E-state index is 0.795. The fourth-order valence-electron chi connectivity index (χ4n) is 1.66. The molecule has 0 atom stereocenters. The van der Waals surface area contributed by atoms with Crippen molar-refractivity contribution < 1.29 is 9.15 Å². The lowest BCUT2D eigenvalue weighted by atomic mass is 10.3. The number of nitrogens with one attached hydrogen (secondary N) is 2. The zero-order chi connectivity index (χ0) is 13.8. The average Bonchev–Trinajstić information content (AvgIpc) is 2.93. The number of rotatable bonds is 9. The first-order valence-electron chi connectivity index (χ1n) is 6.91. The first kappa shape index (κ1) is 15.6. The van der Waals surface area contributed by atoms with Crippen molar-refractivity contribution in [1.29, 1.82) is 0 Å². The lowest BCUT2D eigenvalue weighted by Crippen LogP contribution is -2.38. The second-order valence-corrected chi connectivity index (χ2v) is 4.16. The van der Waals surface area contributed by atoms with Crippen molar-refractivity contribution >= 4 is 5.96 Å². The van der Waals surface area contributed by atoms with Crippen LogP contribution in [0.4, 0.5) is 0 Å². The molecule has 0 aromatic carbocycles. The van der Waals surface area contributed by atoms with Crippen LogP contribution in [-0.4, -0.2) is 39.3 Å². The summed E-state index contributed by atoms with van der Waals surface area (Å²) in [5, 5.41) is 6.54. The summed E-state index contributed by atoms with van der Waals surface area (Å²) < 4.78 is 10.6. The number of unbranched alkanes of at least 4 members (excludes halogenated alkanes) is 1. The van der Waals surface area contributed by atoms with Crippen LogP contribution in [0.15, 0.2) is 27.8 Å². The van der Waals surface area contributed by atoms with E-state index in [1.807, 2.05) is 19.1 Å². The van der Waals surface area contributed by atoms with Crippen LogP contribution in [0.1, 0.15) is 25.5 Å². The van der Waals surface area contributed by atoms with Gasteiger partial charge >= 0.3 is 0 Å². The maximum absolute atomic E-state index is 5.29. The number of guanidine groups is 1. The number of nitrogens with zero attached hydrogens (tertiary/aromatic N) is 1. The second kappa shape index (κ2) is 10.4. The van der Waals surface area contributed by atoms with Crippen LogP contribution in [0.5, 0.6) is 0 Å². The molecule has 2 N–H and O–H groups in total. The summed E-state index contributed by atoms with van der Waals surface area (Å²) in [5.74, 6) is 1.82. The highest BCUT2D eigenvalue weighted by molar-refractivity contribution is 5.79. The Kier molecular flexibility index (Phi) is 8.55. The lowest BCUT2D eigenvalue weighted by Gasteiger charge is -2.11. The number of hydrogen-bond acceptors (Lipinski definition) is 3. The third kappa shape index (κ3) is 7.51. The molecule has 5 heteroatoms. The molecule has 19 heavy (non-hydrogen) atoms. The van der Waals surface area contributed by atoms with E-state index in [1.54, 1.807) is 13.3 Å². The van der Waals surface area contributed by atoms with Gasteiger partial charge in [-0.15, -0.1) is 0 Å². The zero-order valence-corrected chi connectivity index (χ0v) is 11.9. The Morgan fingerprint density at radius 3 is 2.84 bits per heavy atom. The van der Waals surface area contributed by atoms with Crippen LogP contribution in [0.2, 0.25) is 0 Å². The Labute approximate surface area is 115 Å². The molecular formula is C14H25N3O2. The summed E-state index contributed by atoms with van der Waals surface area (Å²) in [5.41, 5.74) is 0. The van der Waals surface area contributed by atoms with E-state index >= 15 is 0 Å². The molecule has 0 saturated heterocycles. The van der Waals surface area contributed by atoms with Gasteiger partial charge < -0.3 is 19.8 Å². The van der Waals surface area contributed by atoms with Crippen molar-refractivity contribution in [2.75, 3.05) is 33.4 Å². The molecule has 0 amide bonds. The van der Waals surface area contributed by atoms with Gasteiger partial charge in [0.05, 0.1) is 6.26 Å². The maximum atomic E-state index is 5.29. The van der Waals surface area contributed by atoms with Gasteiger partial charge in [-0.2, -0.15) is 0 Å². The van der Waals surface area contributed by atoms with Crippen LogP contribution < -0.4 is 10.6 Å². The molecule has 0 unspecified atom stereocenters. The van der Waals surface area contributed by atoms with E-state index in [-0.39, 0.29) is 0 Å². The van der Waals surface area contributed by atoms with E-state index in [4.69, 9.17) is 9.15 Å². The second-order valence-electron chi connectivity index (χ2n) is 4.16. The molecular weight excluding hydrogens is 242 g/mol. The molecule has 0 aliphatic rings. The summed E-state index contributed by atoms with van der Waals surface area (Å²) in [6, 6.07) is 3.88. The molecule has 108 valence electrons. The normalized spacial score (nSPS) is 11.6. The first-order chi connectivity index (χ1) is 9.36. The summed E-state index contributed by atoms with van der Waals surface area (Å²) in [7, 11) is 1.78. The monoisotopic (exact) mass is 267 g/mol. The Bertz CT molecular complexity index is 336. The molecule has 0 aliphatic heterocycles. The largest absolute Gasteiger partial charge is 0.469 e. The van der Waals surface area contributed by atoms with Gasteiger partial charge in [0.15, 0.2) is 5.96 Å². The summed E-state index contributed by atoms with van der Waals surface area (Å²) in [6.45, 7) is 5.37. The predicted octanol–water partition coefficient (Wildman–Crippen LogP) is 1.80. The highest BCUT2D eigenvalue weighted by atomic mass is 16.5. The summed E-state index contributed by atoms with van der Waals surface area (Å²) in [6.07, 6.45) is 4.71. The van der Waals surface area contributed by atoms with E-state index in [0.717, 1.165) is 57.3 Å². The number of hydrogen-bond donors (Lipinski definition) is 2. The molecule has 5 nitrogen and oxygen atoms in total. The van der Waals surface area contributed by atoms with Crippen molar-refractivity contribution in [3.63, 3.8) is 0 Å². The minimum Gasteiger partial charge on any atom is -0.469 e. The van der Waals surface area contributed by atoms with Crippen molar-refractivity contribution in [2.45, 2.75) is 26.2 Å². The van der Waals surface area contributed by atoms with Crippen LogP contribution in [0.3, 0.4) is 0 Å². The van der Waals surface area contributed by atoms with Gasteiger partial charge in [0.1, 0.15) is 5.76 Å². The van der Waals surface area contributed by atoms with E-state index in [1.165, 1.54) is 0 Å². The zero-order valence-electron chi connectivity index (χ0n) is 11.9. The predicted molar refractivity (Wildman–Crippen MR) is 77.5 cm³/mol. The Balaban J connectivity index is 2.03. The van der Waals surface area contributed by atoms with E-state index < -0.39 is 0 Å². The van der Waals surface area contributed by atoms with Gasteiger partial charge in [-0.1, -0.05) is 0 Å². The Morgan fingerprint density at radius 2 is 2.16 bits per heavy atom. The molecule has 1 heterocycles. The molecule has 0 bridgehead atoms. The molecule has 1 aromatic heterocycles. The topological polar surface area (TPSA) is 58.8 Å². The Hall–Kier alpha value is -1.49. The van der Waals surface area contributed by atoms with Crippen molar-refractivity contribution in [2.24, 2.45) is 4.99 Å². The van der Waals surface area contributed by atoms with Gasteiger partial charge in [-0.05, 0) is 31.9 Å². The molecule has 0 spiro atoms. The molecule has 0 aliphatic carbocycles. The summed E-state index contributed by atoms with van der Waals surface area (Å²) >= 11 is 0. The fourth-order valence-corrected chi connectivity index (χ4v) is 1.66. The fraction of sp³-hybridized carbons (Fsp3) is 0.643. The summed E-state index contributed by atoms with van der Waals surface area (Å²) in [4.78, 5) is 4.17. The van der Waals surface area contributed by atoms with Crippen molar-refractivity contribution in [3.8, 4) is 0 Å². The third-order valence-corrected chi connectivity index (χ3v) is 2.68. The van der Waals surface area contributed by atoms with Gasteiger partial charge in [0, 0.05) is 39.8 Å². The smallest absolute Gasteiger partial charge is 0.190 e. The van der Waals surface area contributed by atoms with Gasteiger partial charge in [0.25, 0.3) is 0 Å². The SMILES string of the molecule is CCOCCCCNC(=NC)NCCc1ccco1. The van der Waals surface area contributed by atoms with Crippen LogP contribution >= 0.6 is 0 Å². The number of ether oxygens (including phenoxy) is 1. The maximum Gasteiger partial charge on any atom is 0.190 e. The quantitative estimate of drug-likeness (QED) is 0.407. The van der Waals surface area contributed by atoms with Crippen molar-refractivity contribution in [3.05, 3.63) is 24.2 Å². The van der Waals surface area contributed by atoms with Crippen LogP contribution in [0, 0.1) is 0 Å². The minimum atomic E-state index is 0.795. The standard InChI is InChI=1S/C14H25N3O2/c1-3-18-11-5-4-9-16-14(15-2)17-10-8-13-7-6-12-19-13/h6-7,12H,3-5,8-11H2,1-2H3,(H2,15,16,17). The first-order valence-corrected chi connectivity index (χ1v) is 6.91. The van der Waals surface area contributed by atoms with E-state index in [2.05, 4.69) is 15.6 Å². The van der Waals surface area contributed by atoms with Gasteiger partial charge in [-0.3, -0.25) is 4.99 Å². The molecule has 0 saturated carbocycles. The Morgan fingerprint density at radius 1 is 1.32 bits per heavy atom. The van der Waals surface area contributed by atoms with Crippen LogP contribution in [0.25, 0.3) is 0 Å².